The number of rotatable bonds is 7. The predicted octanol–water partition coefficient (Wildman–Crippen LogP) is 2.56. The summed E-state index contributed by atoms with van der Waals surface area (Å²) in [5.74, 6) is 0.375. The van der Waals surface area contributed by atoms with Gasteiger partial charge in [-0.25, -0.2) is 8.42 Å². The number of nitrogens with one attached hydrogen (secondary N) is 1. The minimum absolute atomic E-state index is 0.0475. The Bertz CT molecular complexity index is 924. The molecular weight excluding hydrogens is 378 g/mol. The molecule has 0 spiro atoms. The Morgan fingerprint density at radius 2 is 1.89 bits per heavy atom. The highest BCUT2D eigenvalue weighted by molar-refractivity contribution is 7.92. The molecule has 2 heterocycles. The van der Waals surface area contributed by atoms with Crippen LogP contribution in [0.15, 0.2) is 42.7 Å². The lowest BCUT2D eigenvalue weighted by Crippen LogP contribution is -2.36. The van der Waals surface area contributed by atoms with Crippen molar-refractivity contribution in [2.45, 2.75) is 19.4 Å². The van der Waals surface area contributed by atoms with Gasteiger partial charge in [0, 0.05) is 30.9 Å². The minimum atomic E-state index is -3.39. The van der Waals surface area contributed by atoms with Crippen LogP contribution in [0.5, 0.6) is 5.75 Å². The number of sulfonamides is 1. The lowest BCUT2D eigenvalue weighted by atomic mass is 9.88. The molecule has 1 aliphatic rings. The molecule has 150 valence electrons. The largest absolute Gasteiger partial charge is 0.496 e. The Labute approximate surface area is 165 Å². The van der Waals surface area contributed by atoms with Crippen molar-refractivity contribution in [2.24, 2.45) is 5.92 Å². The molecule has 1 N–H and O–H groups in total. The van der Waals surface area contributed by atoms with Gasteiger partial charge in [-0.1, -0.05) is 0 Å². The van der Waals surface area contributed by atoms with Gasteiger partial charge in [0.15, 0.2) is 5.78 Å². The molecule has 0 aliphatic carbocycles. The number of benzene rings is 1. The summed E-state index contributed by atoms with van der Waals surface area (Å²) < 4.78 is 30.5. The van der Waals surface area contributed by atoms with Crippen LogP contribution in [0.1, 0.15) is 28.8 Å². The number of carbonyl (C=O) groups excluding carboxylic acids is 1. The Morgan fingerprint density at radius 1 is 1.21 bits per heavy atom. The van der Waals surface area contributed by atoms with E-state index in [2.05, 4.69) is 14.6 Å². The number of aromatic nitrogens is 1. The number of likely N-dealkylation sites (tertiary alicyclic amines) is 1. The standard InChI is InChI=1S/C20H25N3O4S/c1-27-19-13-17(22-28(2,25)26)3-4-18(19)20(24)16-7-11-23(12-8-16)14-15-5-9-21-10-6-15/h3-6,9-10,13,16,22H,7-8,11-12,14H2,1-2H3. The summed E-state index contributed by atoms with van der Waals surface area (Å²) in [5.41, 5.74) is 2.09. The molecule has 0 saturated carbocycles. The third-order valence-corrected chi connectivity index (χ3v) is 5.49. The van der Waals surface area contributed by atoms with E-state index < -0.39 is 10.0 Å². The van der Waals surface area contributed by atoms with Gasteiger partial charge in [-0.2, -0.15) is 0 Å². The number of pyridine rings is 1. The summed E-state index contributed by atoms with van der Waals surface area (Å²) in [6.45, 7) is 2.57. The van der Waals surface area contributed by atoms with Crippen LogP contribution in [0.25, 0.3) is 0 Å². The molecule has 0 amide bonds. The Hall–Kier alpha value is -2.45. The number of hydrogen-bond acceptors (Lipinski definition) is 6. The molecule has 0 radical (unpaired) electrons. The first kappa shape index (κ1) is 20.3. The SMILES string of the molecule is COc1cc(NS(C)(=O)=O)ccc1C(=O)C1CCN(Cc2ccncc2)CC1. The number of methoxy groups -OCH3 is 1. The van der Waals surface area contributed by atoms with Gasteiger partial charge in [0.1, 0.15) is 5.75 Å². The molecule has 28 heavy (non-hydrogen) atoms. The number of piperidine rings is 1. The molecule has 0 unspecified atom stereocenters. The molecule has 8 heteroatoms. The van der Waals surface area contributed by atoms with E-state index in [9.17, 15) is 13.2 Å². The second-order valence-corrected chi connectivity index (χ2v) is 8.81. The highest BCUT2D eigenvalue weighted by Crippen LogP contribution is 2.30. The average Bonchev–Trinajstić information content (AvgIpc) is 2.67. The molecule has 1 aliphatic heterocycles. The molecular formula is C20H25N3O4S. The van der Waals surface area contributed by atoms with Gasteiger partial charge in [0.05, 0.1) is 24.6 Å². The number of anilines is 1. The van der Waals surface area contributed by atoms with Gasteiger partial charge in [0.2, 0.25) is 10.0 Å². The molecule has 1 saturated heterocycles. The van der Waals surface area contributed by atoms with Crippen molar-refractivity contribution in [1.82, 2.24) is 9.88 Å². The van der Waals surface area contributed by atoms with Gasteiger partial charge in [0.25, 0.3) is 0 Å². The maximum Gasteiger partial charge on any atom is 0.229 e. The number of carbonyl (C=O) groups is 1. The zero-order valence-corrected chi connectivity index (χ0v) is 16.9. The third kappa shape index (κ3) is 5.30. The second-order valence-electron chi connectivity index (χ2n) is 7.06. The zero-order valence-electron chi connectivity index (χ0n) is 16.1. The maximum absolute atomic E-state index is 13.0. The van der Waals surface area contributed by atoms with Crippen LogP contribution in [0.2, 0.25) is 0 Å². The highest BCUT2D eigenvalue weighted by atomic mass is 32.2. The van der Waals surface area contributed by atoms with Gasteiger partial charge in [-0.05, 0) is 55.8 Å². The van der Waals surface area contributed by atoms with E-state index in [1.54, 1.807) is 30.6 Å². The first-order valence-corrected chi connectivity index (χ1v) is 11.1. The molecule has 3 rings (SSSR count). The number of hydrogen-bond donors (Lipinski definition) is 1. The quantitative estimate of drug-likeness (QED) is 0.715. The van der Waals surface area contributed by atoms with Crippen molar-refractivity contribution in [2.75, 3.05) is 31.2 Å². The Kier molecular flexibility index (Phi) is 6.31. The average molecular weight is 404 g/mol. The number of nitrogens with zero attached hydrogens (tertiary/aromatic N) is 2. The molecule has 1 aromatic carbocycles. The van der Waals surface area contributed by atoms with Crippen molar-refractivity contribution in [1.29, 1.82) is 0 Å². The maximum atomic E-state index is 13.0. The van der Waals surface area contributed by atoms with Gasteiger partial charge in [-0.15, -0.1) is 0 Å². The first-order valence-electron chi connectivity index (χ1n) is 9.17. The molecule has 0 atom stereocenters. The van der Waals surface area contributed by atoms with Crippen LogP contribution in [-0.2, 0) is 16.6 Å². The van der Waals surface area contributed by atoms with Crippen molar-refractivity contribution < 1.29 is 17.9 Å². The van der Waals surface area contributed by atoms with Crippen molar-refractivity contribution in [3.8, 4) is 5.75 Å². The summed E-state index contributed by atoms with van der Waals surface area (Å²) in [6, 6.07) is 8.79. The van der Waals surface area contributed by atoms with Gasteiger partial charge >= 0.3 is 0 Å². The van der Waals surface area contributed by atoms with E-state index >= 15 is 0 Å². The normalized spacial score (nSPS) is 15.9. The first-order chi connectivity index (χ1) is 13.4. The molecule has 1 aromatic heterocycles. The number of Topliss-reactive ketones (excluding diaryl/α,β-unsaturated/α-hetero) is 1. The number of ketones is 1. The van der Waals surface area contributed by atoms with E-state index in [0.29, 0.717) is 17.0 Å². The van der Waals surface area contributed by atoms with Crippen molar-refractivity contribution in [3.05, 3.63) is 53.9 Å². The van der Waals surface area contributed by atoms with Crippen LogP contribution >= 0.6 is 0 Å². The lowest BCUT2D eigenvalue weighted by molar-refractivity contribution is 0.0832. The van der Waals surface area contributed by atoms with E-state index in [1.807, 2.05) is 12.1 Å². The summed E-state index contributed by atoms with van der Waals surface area (Å²) in [4.78, 5) is 19.4. The molecule has 7 nitrogen and oxygen atoms in total. The lowest BCUT2D eigenvalue weighted by Gasteiger charge is -2.31. The molecule has 0 bridgehead atoms. The molecule has 2 aromatic rings. The van der Waals surface area contributed by atoms with Crippen LogP contribution < -0.4 is 9.46 Å². The topological polar surface area (TPSA) is 88.6 Å². The van der Waals surface area contributed by atoms with Crippen molar-refractivity contribution in [3.63, 3.8) is 0 Å². The van der Waals surface area contributed by atoms with Gasteiger partial charge in [-0.3, -0.25) is 19.4 Å². The summed E-state index contributed by atoms with van der Waals surface area (Å²) >= 11 is 0. The van der Waals surface area contributed by atoms with Crippen LogP contribution in [-0.4, -0.2) is 50.5 Å². The smallest absolute Gasteiger partial charge is 0.229 e. The third-order valence-electron chi connectivity index (χ3n) is 4.88. The fourth-order valence-corrected chi connectivity index (χ4v) is 4.05. The fourth-order valence-electron chi connectivity index (χ4n) is 3.49. The van der Waals surface area contributed by atoms with Gasteiger partial charge < -0.3 is 4.74 Å². The summed E-state index contributed by atoms with van der Waals surface area (Å²) in [7, 11) is -1.91. The summed E-state index contributed by atoms with van der Waals surface area (Å²) in [6.07, 6.45) is 6.24. The van der Waals surface area contributed by atoms with Crippen LogP contribution in [0.3, 0.4) is 0 Å². The Balaban J connectivity index is 1.64. The monoisotopic (exact) mass is 403 g/mol. The summed E-state index contributed by atoms with van der Waals surface area (Å²) in [5, 5.41) is 0. The van der Waals surface area contributed by atoms with Crippen molar-refractivity contribution >= 4 is 21.5 Å². The van der Waals surface area contributed by atoms with E-state index in [0.717, 1.165) is 38.7 Å². The van der Waals surface area contributed by atoms with E-state index in [1.165, 1.54) is 12.7 Å². The predicted molar refractivity (Wildman–Crippen MR) is 108 cm³/mol. The number of ether oxygens (including phenoxy) is 1. The highest BCUT2D eigenvalue weighted by Gasteiger charge is 2.27. The van der Waals surface area contributed by atoms with E-state index in [-0.39, 0.29) is 11.7 Å². The Morgan fingerprint density at radius 3 is 2.50 bits per heavy atom. The van der Waals surface area contributed by atoms with Crippen LogP contribution in [0.4, 0.5) is 5.69 Å². The van der Waals surface area contributed by atoms with E-state index in [4.69, 9.17) is 4.74 Å². The minimum Gasteiger partial charge on any atom is -0.496 e. The van der Waals surface area contributed by atoms with Crippen LogP contribution in [0, 0.1) is 5.92 Å². The fraction of sp³-hybridized carbons (Fsp3) is 0.400. The second kappa shape index (κ2) is 8.70. The molecule has 1 fully saturated rings. The zero-order chi connectivity index (χ0) is 20.1.